The Morgan fingerprint density at radius 1 is 1.12 bits per heavy atom. The van der Waals surface area contributed by atoms with Crippen LogP contribution in [-0.4, -0.2) is 39.4 Å². The molecule has 0 spiro atoms. The Hall–Kier alpha value is -3.47. The third kappa shape index (κ3) is 5.67. The summed E-state index contributed by atoms with van der Waals surface area (Å²) in [6.45, 7) is 1.36. The van der Waals surface area contributed by atoms with Gasteiger partial charge in [0.15, 0.2) is 4.77 Å². The molecule has 3 rings (SSSR count). The summed E-state index contributed by atoms with van der Waals surface area (Å²) in [5.74, 6) is -1.20. The molecule has 0 aliphatic heterocycles. The van der Waals surface area contributed by atoms with E-state index >= 15 is 0 Å². The van der Waals surface area contributed by atoms with Crippen LogP contribution in [0.1, 0.15) is 18.9 Å². The molecule has 2 aromatic carbocycles. The predicted molar refractivity (Wildman–Crippen MR) is 120 cm³/mol. The molecule has 0 radical (unpaired) electrons. The lowest BCUT2D eigenvalue weighted by atomic mass is 10.1. The molecular formula is C22H21F3N4O3S. The van der Waals surface area contributed by atoms with E-state index in [0.717, 1.165) is 12.1 Å². The van der Waals surface area contributed by atoms with E-state index in [1.165, 1.54) is 21.6 Å². The monoisotopic (exact) mass is 478 g/mol. The van der Waals surface area contributed by atoms with Gasteiger partial charge >= 0.3 is 6.18 Å². The number of rotatable bonds is 7. The number of likely N-dealkylation sites (N-methyl/N-ethyl adjacent to an activating group) is 1. The van der Waals surface area contributed by atoms with Gasteiger partial charge in [0, 0.05) is 19.5 Å². The molecule has 0 saturated carbocycles. The van der Waals surface area contributed by atoms with Gasteiger partial charge < -0.3 is 15.2 Å². The SMILES string of the molecule is CCN(CC(=O)Nc1ccccc1C(F)(F)F)C(=O)CCn1c(=S)[nH]c2ccccc2c1=O. The maximum absolute atomic E-state index is 13.1. The fraction of sp³-hybridized carbons (Fsp3) is 0.273. The van der Waals surface area contributed by atoms with Crippen LogP contribution in [0.4, 0.5) is 18.9 Å². The van der Waals surface area contributed by atoms with Crippen LogP contribution < -0.4 is 10.9 Å². The van der Waals surface area contributed by atoms with E-state index in [0.29, 0.717) is 10.9 Å². The molecule has 0 aliphatic carbocycles. The van der Waals surface area contributed by atoms with Gasteiger partial charge in [0.05, 0.1) is 28.7 Å². The molecule has 7 nitrogen and oxygen atoms in total. The number of anilines is 1. The van der Waals surface area contributed by atoms with Crippen LogP contribution in [0, 0.1) is 4.77 Å². The first-order chi connectivity index (χ1) is 15.6. The van der Waals surface area contributed by atoms with Crippen molar-refractivity contribution in [1.29, 1.82) is 0 Å². The van der Waals surface area contributed by atoms with E-state index < -0.39 is 30.1 Å². The third-order valence-electron chi connectivity index (χ3n) is 5.01. The number of hydrogen-bond acceptors (Lipinski definition) is 4. The number of nitrogens with zero attached hydrogens (tertiary/aromatic N) is 2. The number of nitrogens with one attached hydrogen (secondary N) is 2. The minimum atomic E-state index is -4.63. The molecule has 0 fully saturated rings. The molecule has 3 aromatic rings. The Morgan fingerprint density at radius 2 is 1.79 bits per heavy atom. The zero-order chi connectivity index (χ0) is 24.2. The minimum Gasteiger partial charge on any atom is -0.334 e. The highest BCUT2D eigenvalue weighted by Crippen LogP contribution is 2.34. The van der Waals surface area contributed by atoms with Gasteiger partial charge in [0.2, 0.25) is 11.8 Å². The van der Waals surface area contributed by atoms with Crippen molar-refractivity contribution in [2.24, 2.45) is 0 Å². The average molecular weight is 478 g/mol. The molecule has 11 heteroatoms. The van der Waals surface area contributed by atoms with Gasteiger partial charge in [0.1, 0.15) is 0 Å². The first-order valence-electron chi connectivity index (χ1n) is 10.1. The van der Waals surface area contributed by atoms with Crippen molar-refractivity contribution >= 4 is 40.6 Å². The molecule has 2 N–H and O–H groups in total. The summed E-state index contributed by atoms with van der Waals surface area (Å²) in [7, 11) is 0. The maximum Gasteiger partial charge on any atom is 0.418 e. The topological polar surface area (TPSA) is 87.2 Å². The summed E-state index contributed by atoms with van der Waals surface area (Å²) >= 11 is 5.22. The number of carbonyl (C=O) groups is 2. The highest BCUT2D eigenvalue weighted by molar-refractivity contribution is 7.71. The van der Waals surface area contributed by atoms with Crippen LogP contribution in [0.25, 0.3) is 10.9 Å². The van der Waals surface area contributed by atoms with Crippen molar-refractivity contribution in [2.75, 3.05) is 18.4 Å². The molecule has 2 amide bonds. The van der Waals surface area contributed by atoms with E-state index in [4.69, 9.17) is 12.2 Å². The Morgan fingerprint density at radius 3 is 2.48 bits per heavy atom. The van der Waals surface area contributed by atoms with Crippen molar-refractivity contribution in [3.05, 3.63) is 69.2 Å². The fourth-order valence-corrected chi connectivity index (χ4v) is 3.63. The first-order valence-corrected chi connectivity index (χ1v) is 10.5. The lowest BCUT2D eigenvalue weighted by Crippen LogP contribution is -2.39. The number of alkyl halides is 3. The Kier molecular flexibility index (Phi) is 7.32. The van der Waals surface area contributed by atoms with Gasteiger partial charge in [-0.1, -0.05) is 24.3 Å². The first kappa shape index (κ1) is 24.2. The molecule has 0 bridgehead atoms. The third-order valence-corrected chi connectivity index (χ3v) is 5.34. The second-order valence-corrected chi connectivity index (χ2v) is 7.57. The number of carbonyl (C=O) groups excluding carboxylic acids is 2. The molecular weight excluding hydrogens is 457 g/mol. The zero-order valence-electron chi connectivity index (χ0n) is 17.6. The van der Waals surface area contributed by atoms with E-state index in [1.807, 2.05) is 0 Å². The number of para-hydroxylation sites is 2. The van der Waals surface area contributed by atoms with Crippen molar-refractivity contribution in [2.45, 2.75) is 26.1 Å². The second kappa shape index (κ2) is 9.99. The largest absolute Gasteiger partial charge is 0.418 e. The predicted octanol–water partition coefficient (Wildman–Crippen LogP) is 3.96. The summed E-state index contributed by atoms with van der Waals surface area (Å²) in [4.78, 5) is 41.8. The van der Waals surface area contributed by atoms with Crippen LogP contribution in [0.2, 0.25) is 0 Å². The molecule has 1 heterocycles. The highest BCUT2D eigenvalue weighted by Gasteiger charge is 2.33. The summed E-state index contributed by atoms with van der Waals surface area (Å²) < 4.78 is 40.8. The van der Waals surface area contributed by atoms with E-state index in [-0.39, 0.29) is 35.5 Å². The van der Waals surface area contributed by atoms with Gasteiger partial charge in [-0.25, -0.2) is 0 Å². The van der Waals surface area contributed by atoms with Crippen molar-refractivity contribution in [1.82, 2.24) is 14.5 Å². The molecule has 0 aliphatic rings. The summed E-state index contributed by atoms with van der Waals surface area (Å²) in [5.41, 5.74) is -1.11. The number of benzene rings is 2. The van der Waals surface area contributed by atoms with E-state index in [2.05, 4.69) is 10.3 Å². The lowest BCUT2D eigenvalue weighted by Gasteiger charge is -2.21. The standard InChI is InChI=1S/C22H21F3N4O3S/c1-2-28(13-18(30)26-17-10-6-4-8-15(17)22(23,24)25)19(31)11-12-29-20(32)14-7-3-5-9-16(14)27-21(29)33/h3-10H,2,11-13H2,1H3,(H,26,30)(H,27,33). The summed E-state index contributed by atoms with van der Waals surface area (Å²) in [6.07, 6.45) is -4.74. The van der Waals surface area contributed by atoms with Crippen LogP contribution in [-0.2, 0) is 22.3 Å². The number of aromatic nitrogens is 2. The normalized spacial score (nSPS) is 11.4. The second-order valence-electron chi connectivity index (χ2n) is 7.18. The van der Waals surface area contributed by atoms with Crippen LogP contribution >= 0.6 is 12.2 Å². The molecule has 0 unspecified atom stereocenters. The molecule has 0 atom stereocenters. The van der Waals surface area contributed by atoms with Crippen molar-refractivity contribution in [3.63, 3.8) is 0 Å². The van der Waals surface area contributed by atoms with Gasteiger partial charge in [-0.2, -0.15) is 13.2 Å². The van der Waals surface area contributed by atoms with Gasteiger partial charge in [-0.05, 0) is 43.4 Å². The smallest absolute Gasteiger partial charge is 0.334 e. The number of fused-ring (bicyclic) bond motifs is 1. The zero-order valence-corrected chi connectivity index (χ0v) is 18.4. The van der Waals surface area contributed by atoms with Crippen molar-refractivity contribution < 1.29 is 22.8 Å². The van der Waals surface area contributed by atoms with E-state index in [1.54, 1.807) is 31.2 Å². The van der Waals surface area contributed by atoms with Gasteiger partial charge in [0.25, 0.3) is 5.56 Å². The van der Waals surface area contributed by atoms with Crippen molar-refractivity contribution in [3.8, 4) is 0 Å². The highest BCUT2D eigenvalue weighted by atomic mass is 32.1. The van der Waals surface area contributed by atoms with E-state index in [9.17, 15) is 27.6 Å². The Bertz CT molecular complexity index is 1300. The average Bonchev–Trinajstić information content (AvgIpc) is 2.76. The number of hydrogen-bond donors (Lipinski definition) is 2. The van der Waals surface area contributed by atoms with Gasteiger partial charge in [-0.15, -0.1) is 0 Å². The molecule has 174 valence electrons. The number of halogens is 3. The number of amides is 2. The fourth-order valence-electron chi connectivity index (χ4n) is 3.35. The van der Waals surface area contributed by atoms with Crippen LogP contribution in [0.3, 0.4) is 0 Å². The molecule has 33 heavy (non-hydrogen) atoms. The number of H-pyrrole nitrogens is 1. The van der Waals surface area contributed by atoms with Crippen LogP contribution in [0.15, 0.2) is 53.3 Å². The number of aromatic amines is 1. The van der Waals surface area contributed by atoms with Gasteiger partial charge in [-0.3, -0.25) is 19.0 Å². The molecule has 1 aromatic heterocycles. The summed E-state index contributed by atoms with van der Waals surface area (Å²) in [6, 6.07) is 11.4. The molecule has 0 saturated heterocycles. The maximum atomic E-state index is 13.1. The minimum absolute atomic E-state index is 0.00708. The summed E-state index contributed by atoms with van der Waals surface area (Å²) in [5, 5.41) is 2.64. The Labute approximate surface area is 191 Å². The lowest BCUT2D eigenvalue weighted by molar-refractivity contribution is -0.137. The van der Waals surface area contributed by atoms with Crippen LogP contribution in [0.5, 0.6) is 0 Å². The Balaban J connectivity index is 1.68. The quantitative estimate of drug-likeness (QED) is 0.504.